The second kappa shape index (κ2) is 4.35. The number of aryl methyl sites for hydroxylation is 3. The molecule has 1 aliphatic rings. The molecule has 3 nitrogen and oxygen atoms in total. The Balaban J connectivity index is 1.87. The molecule has 2 aromatic heterocycles. The average Bonchev–Trinajstić information content (AvgIpc) is 3.11. The van der Waals surface area contributed by atoms with Crippen molar-refractivity contribution in [2.75, 3.05) is 5.73 Å². The van der Waals surface area contributed by atoms with Crippen molar-refractivity contribution in [2.24, 2.45) is 0 Å². The SMILES string of the molecule is CCc1ccc(-c2nc3sc4c(n3c2N)CCC4)cc1. The number of nitrogens with zero attached hydrogens (tertiary/aromatic N) is 2. The van der Waals surface area contributed by atoms with Gasteiger partial charge in [0, 0.05) is 16.1 Å². The fourth-order valence-electron chi connectivity index (χ4n) is 3.01. The van der Waals surface area contributed by atoms with Crippen molar-refractivity contribution >= 4 is 22.1 Å². The second-order valence-corrected chi connectivity index (χ2v) is 6.40. The molecule has 0 saturated heterocycles. The van der Waals surface area contributed by atoms with Gasteiger partial charge in [0.1, 0.15) is 11.5 Å². The van der Waals surface area contributed by atoms with E-state index in [1.165, 1.54) is 29.0 Å². The van der Waals surface area contributed by atoms with Crippen LogP contribution in [0.15, 0.2) is 24.3 Å². The van der Waals surface area contributed by atoms with Crippen LogP contribution in [0.3, 0.4) is 0 Å². The zero-order chi connectivity index (χ0) is 13.7. The molecule has 4 heteroatoms. The number of aromatic nitrogens is 2. The number of rotatable bonds is 2. The van der Waals surface area contributed by atoms with Crippen molar-refractivity contribution in [3.05, 3.63) is 40.4 Å². The third-order valence-corrected chi connectivity index (χ3v) is 5.28. The molecule has 2 heterocycles. The van der Waals surface area contributed by atoms with Gasteiger partial charge in [-0.25, -0.2) is 4.98 Å². The van der Waals surface area contributed by atoms with Crippen LogP contribution in [0.25, 0.3) is 16.2 Å². The Bertz CT molecular complexity index is 780. The molecule has 102 valence electrons. The van der Waals surface area contributed by atoms with Gasteiger partial charge in [0.15, 0.2) is 4.96 Å². The molecule has 0 fully saturated rings. The first-order valence-electron chi connectivity index (χ1n) is 7.15. The normalized spacial score (nSPS) is 14.1. The van der Waals surface area contributed by atoms with Crippen LogP contribution in [0.5, 0.6) is 0 Å². The first-order chi connectivity index (χ1) is 9.78. The fourth-order valence-corrected chi connectivity index (χ4v) is 4.22. The van der Waals surface area contributed by atoms with Gasteiger partial charge in [0.25, 0.3) is 0 Å². The number of hydrogen-bond donors (Lipinski definition) is 1. The molecule has 0 atom stereocenters. The highest BCUT2D eigenvalue weighted by Gasteiger charge is 2.22. The molecule has 1 aliphatic carbocycles. The van der Waals surface area contributed by atoms with E-state index in [0.29, 0.717) is 0 Å². The minimum Gasteiger partial charge on any atom is -0.383 e. The van der Waals surface area contributed by atoms with Crippen LogP contribution in [0.2, 0.25) is 0 Å². The summed E-state index contributed by atoms with van der Waals surface area (Å²) in [5.41, 5.74) is 11.1. The predicted molar refractivity (Wildman–Crippen MR) is 84.3 cm³/mol. The number of nitrogen functional groups attached to an aromatic ring is 1. The van der Waals surface area contributed by atoms with Crippen molar-refractivity contribution < 1.29 is 0 Å². The van der Waals surface area contributed by atoms with Crippen LogP contribution >= 0.6 is 11.3 Å². The lowest BCUT2D eigenvalue weighted by Crippen LogP contribution is -1.97. The van der Waals surface area contributed by atoms with Crippen LogP contribution in [-0.2, 0) is 19.3 Å². The first-order valence-corrected chi connectivity index (χ1v) is 7.97. The number of thiazole rings is 1. The highest BCUT2D eigenvalue weighted by molar-refractivity contribution is 7.17. The van der Waals surface area contributed by atoms with E-state index in [-0.39, 0.29) is 0 Å². The number of fused-ring (bicyclic) bond motifs is 3. The van der Waals surface area contributed by atoms with Crippen molar-refractivity contribution in [2.45, 2.75) is 32.6 Å². The summed E-state index contributed by atoms with van der Waals surface area (Å²) in [5, 5.41) is 0. The number of nitrogens with two attached hydrogens (primary N) is 1. The van der Waals surface area contributed by atoms with Crippen molar-refractivity contribution in [1.29, 1.82) is 0 Å². The molecule has 0 bridgehead atoms. The fraction of sp³-hybridized carbons (Fsp3) is 0.312. The zero-order valence-corrected chi connectivity index (χ0v) is 12.3. The van der Waals surface area contributed by atoms with Crippen LogP contribution < -0.4 is 5.73 Å². The lowest BCUT2D eigenvalue weighted by Gasteiger charge is -2.02. The second-order valence-electron chi connectivity index (χ2n) is 5.34. The largest absolute Gasteiger partial charge is 0.383 e. The summed E-state index contributed by atoms with van der Waals surface area (Å²) in [6.07, 6.45) is 4.62. The van der Waals surface area contributed by atoms with E-state index in [1.807, 2.05) is 0 Å². The summed E-state index contributed by atoms with van der Waals surface area (Å²) in [6, 6.07) is 8.57. The Labute approximate surface area is 122 Å². The van der Waals surface area contributed by atoms with E-state index in [9.17, 15) is 0 Å². The van der Waals surface area contributed by atoms with E-state index in [4.69, 9.17) is 10.7 Å². The third-order valence-electron chi connectivity index (χ3n) is 4.14. The molecule has 0 saturated carbocycles. The summed E-state index contributed by atoms with van der Waals surface area (Å²) in [7, 11) is 0. The Morgan fingerprint density at radius 2 is 2.05 bits per heavy atom. The average molecular weight is 283 g/mol. The van der Waals surface area contributed by atoms with E-state index in [1.54, 1.807) is 11.3 Å². The number of anilines is 1. The number of benzene rings is 1. The van der Waals surface area contributed by atoms with Gasteiger partial charge in [-0.2, -0.15) is 0 Å². The molecule has 0 aliphatic heterocycles. The highest BCUT2D eigenvalue weighted by Crippen LogP contribution is 2.36. The minimum absolute atomic E-state index is 0.795. The molecule has 0 amide bonds. The Kier molecular flexibility index (Phi) is 2.60. The van der Waals surface area contributed by atoms with Gasteiger partial charge < -0.3 is 5.73 Å². The Hall–Kier alpha value is -1.81. The summed E-state index contributed by atoms with van der Waals surface area (Å²) in [5.74, 6) is 0.795. The first kappa shape index (κ1) is 12.0. The maximum Gasteiger partial charge on any atom is 0.196 e. The third kappa shape index (κ3) is 1.61. The molecule has 3 aromatic rings. The van der Waals surface area contributed by atoms with Crippen molar-refractivity contribution in [1.82, 2.24) is 9.38 Å². The minimum atomic E-state index is 0.795. The van der Waals surface area contributed by atoms with Crippen LogP contribution in [0.4, 0.5) is 5.82 Å². The van der Waals surface area contributed by atoms with Crippen molar-refractivity contribution in [3.8, 4) is 11.3 Å². The quantitative estimate of drug-likeness (QED) is 0.779. The molecule has 0 radical (unpaired) electrons. The Morgan fingerprint density at radius 1 is 1.25 bits per heavy atom. The summed E-state index contributed by atoms with van der Waals surface area (Å²) in [6.45, 7) is 2.17. The number of imidazole rings is 1. The lowest BCUT2D eigenvalue weighted by molar-refractivity contribution is 0.890. The smallest absolute Gasteiger partial charge is 0.196 e. The maximum absolute atomic E-state index is 6.37. The van der Waals surface area contributed by atoms with Gasteiger partial charge in [0.05, 0.1) is 0 Å². The molecule has 0 spiro atoms. The van der Waals surface area contributed by atoms with E-state index >= 15 is 0 Å². The number of hydrogen-bond acceptors (Lipinski definition) is 3. The molecule has 20 heavy (non-hydrogen) atoms. The Morgan fingerprint density at radius 3 is 2.80 bits per heavy atom. The molecule has 2 N–H and O–H groups in total. The van der Waals surface area contributed by atoms with Crippen LogP contribution in [0, 0.1) is 0 Å². The molecular formula is C16H17N3S. The van der Waals surface area contributed by atoms with Gasteiger partial charge in [0.2, 0.25) is 0 Å². The van der Waals surface area contributed by atoms with Crippen LogP contribution in [-0.4, -0.2) is 9.38 Å². The monoisotopic (exact) mass is 283 g/mol. The maximum atomic E-state index is 6.37. The van der Waals surface area contributed by atoms with Gasteiger partial charge in [-0.1, -0.05) is 31.2 Å². The predicted octanol–water partition coefficient (Wildman–Crippen LogP) is 3.70. The highest BCUT2D eigenvalue weighted by atomic mass is 32.1. The molecular weight excluding hydrogens is 266 g/mol. The van der Waals surface area contributed by atoms with E-state index < -0.39 is 0 Å². The van der Waals surface area contributed by atoms with Gasteiger partial charge >= 0.3 is 0 Å². The summed E-state index contributed by atoms with van der Waals surface area (Å²) in [4.78, 5) is 7.27. The summed E-state index contributed by atoms with van der Waals surface area (Å²) >= 11 is 1.80. The molecule has 4 rings (SSSR count). The van der Waals surface area contributed by atoms with E-state index in [2.05, 4.69) is 35.6 Å². The molecule has 0 unspecified atom stereocenters. The zero-order valence-electron chi connectivity index (χ0n) is 11.5. The van der Waals surface area contributed by atoms with Crippen molar-refractivity contribution in [3.63, 3.8) is 0 Å². The van der Waals surface area contributed by atoms with Gasteiger partial charge in [-0.3, -0.25) is 4.40 Å². The lowest BCUT2D eigenvalue weighted by atomic mass is 10.1. The standard InChI is InChI=1S/C16H17N3S/c1-2-10-6-8-11(9-7-10)14-15(17)19-12-4-3-5-13(12)20-16(19)18-14/h6-9H,2-5,17H2,1H3. The van der Waals surface area contributed by atoms with Gasteiger partial charge in [-0.15, -0.1) is 11.3 Å². The molecule has 1 aromatic carbocycles. The van der Waals surface area contributed by atoms with E-state index in [0.717, 1.165) is 34.9 Å². The van der Waals surface area contributed by atoms with Crippen LogP contribution in [0.1, 0.15) is 29.5 Å². The summed E-state index contributed by atoms with van der Waals surface area (Å²) < 4.78 is 2.16. The van der Waals surface area contributed by atoms with Gasteiger partial charge in [-0.05, 0) is 31.2 Å². The topological polar surface area (TPSA) is 43.3 Å².